The van der Waals surface area contributed by atoms with Gasteiger partial charge in [-0.15, -0.1) is 0 Å². The SMILES string of the molecule is Cc1ccc(C)c(N=C2Oc3ccccc3C2=Nc2ccccc2)c1. The van der Waals surface area contributed by atoms with Gasteiger partial charge in [0.25, 0.3) is 0 Å². The Balaban J connectivity index is 1.86. The topological polar surface area (TPSA) is 34.0 Å². The molecule has 1 heterocycles. The lowest BCUT2D eigenvalue weighted by molar-refractivity contribution is 0.572. The molecule has 0 atom stereocenters. The van der Waals surface area contributed by atoms with Gasteiger partial charge in [0.05, 0.1) is 11.4 Å². The average Bonchev–Trinajstić information content (AvgIpc) is 2.97. The summed E-state index contributed by atoms with van der Waals surface area (Å²) < 4.78 is 6.01. The zero-order valence-electron chi connectivity index (χ0n) is 14.2. The molecule has 0 spiro atoms. The van der Waals surface area contributed by atoms with E-state index >= 15 is 0 Å². The van der Waals surface area contributed by atoms with Crippen molar-refractivity contribution < 1.29 is 4.74 Å². The molecule has 122 valence electrons. The van der Waals surface area contributed by atoms with Crippen molar-refractivity contribution in [3.8, 4) is 5.75 Å². The first-order valence-electron chi connectivity index (χ1n) is 8.28. The van der Waals surface area contributed by atoms with E-state index in [9.17, 15) is 0 Å². The van der Waals surface area contributed by atoms with Crippen LogP contribution >= 0.6 is 0 Å². The lowest BCUT2D eigenvalue weighted by Crippen LogP contribution is -2.13. The third kappa shape index (κ3) is 3.09. The fraction of sp³-hybridized carbons (Fsp3) is 0.0909. The van der Waals surface area contributed by atoms with E-state index in [2.05, 4.69) is 32.0 Å². The highest BCUT2D eigenvalue weighted by Gasteiger charge is 2.26. The number of benzene rings is 3. The lowest BCUT2D eigenvalue weighted by atomic mass is 10.1. The molecule has 3 aromatic carbocycles. The second-order valence-electron chi connectivity index (χ2n) is 6.10. The van der Waals surface area contributed by atoms with Crippen molar-refractivity contribution in [2.45, 2.75) is 13.8 Å². The van der Waals surface area contributed by atoms with Crippen LogP contribution in [-0.2, 0) is 0 Å². The van der Waals surface area contributed by atoms with Gasteiger partial charge in [0.1, 0.15) is 11.5 Å². The van der Waals surface area contributed by atoms with Crippen molar-refractivity contribution >= 4 is 23.0 Å². The van der Waals surface area contributed by atoms with E-state index in [1.165, 1.54) is 5.56 Å². The van der Waals surface area contributed by atoms with Gasteiger partial charge >= 0.3 is 0 Å². The molecule has 0 bridgehead atoms. The van der Waals surface area contributed by atoms with Crippen LogP contribution in [-0.4, -0.2) is 11.6 Å². The van der Waals surface area contributed by atoms with Crippen molar-refractivity contribution in [2.24, 2.45) is 9.98 Å². The third-order valence-corrected chi connectivity index (χ3v) is 4.14. The number of rotatable bonds is 2. The highest BCUT2D eigenvalue weighted by atomic mass is 16.5. The molecule has 3 heteroatoms. The Bertz CT molecular complexity index is 988. The smallest absolute Gasteiger partial charge is 0.246 e. The summed E-state index contributed by atoms with van der Waals surface area (Å²) in [4.78, 5) is 9.56. The van der Waals surface area contributed by atoms with Crippen LogP contribution in [0.2, 0.25) is 0 Å². The van der Waals surface area contributed by atoms with Crippen molar-refractivity contribution in [3.63, 3.8) is 0 Å². The predicted molar refractivity (Wildman–Crippen MR) is 103 cm³/mol. The first kappa shape index (κ1) is 15.3. The molecule has 3 aromatic rings. The largest absolute Gasteiger partial charge is 0.436 e. The zero-order valence-corrected chi connectivity index (χ0v) is 14.2. The van der Waals surface area contributed by atoms with E-state index in [0.717, 1.165) is 34.0 Å². The van der Waals surface area contributed by atoms with Crippen LogP contribution in [0.5, 0.6) is 5.75 Å². The van der Waals surface area contributed by atoms with Crippen molar-refractivity contribution in [1.82, 2.24) is 0 Å². The third-order valence-electron chi connectivity index (χ3n) is 4.14. The van der Waals surface area contributed by atoms with Gasteiger partial charge < -0.3 is 4.74 Å². The minimum Gasteiger partial charge on any atom is -0.436 e. The van der Waals surface area contributed by atoms with E-state index in [1.807, 2.05) is 54.6 Å². The van der Waals surface area contributed by atoms with Crippen LogP contribution in [0.25, 0.3) is 0 Å². The van der Waals surface area contributed by atoms with Gasteiger partial charge in [0.15, 0.2) is 0 Å². The molecule has 3 nitrogen and oxygen atoms in total. The number of aryl methyl sites for hydroxylation is 2. The Morgan fingerprint density at radius 2 is 1.52 bits per heavy atom. The average molecular weight is 326 g/mol. The molecular weight excluding hydrogens is 308 g/mol. The summed E-state index contributed by atoms with van der Waals surface area (Å²) in [6, 6.07) is 24.0. The van der Waals surface area contributed by atoms with Gasteiger partial charge in [-0.3, -0.25) is 0 Å². The molecule has 25 heavy (non-hydrogen) atoms. The zero-order chi connectivity index (χ0) is 17.2. The molecule has 0 aromatic heterocycles. The van der Waals surface area contributed by atoms with E-state index < -0.39 is 0 Å². The van der Waals surface area contributed by atoms with Crippen molar-refractivity contribution in [1.29, 1.82) is 0 Å². The molecular formula is C22H18N2O. The maximum atomic E-state index is 6.01. The van der Waals surface area contributed by atoms with Crippen LogP contribution in [0.1, 0.15) is 16.7 Å². The number of hydrogen-bond donors (Lipinski definition) is 0. The Morgan fingerprint density at radius 1 is 0.760 bits per heavy atom. The van der Waals surface area contributed by atoms with E-state index in [4.69, 9.17) is 14.7 Å². The lowest BCUT2D eigenvalue weighted by Gasteiger charge is -2.04. The number of fused-ring (bicyclic) bond motifs is 1. The normalized spacial score (nSPS) is 16.1. The fourth-order valence-corrected chi connectivity index (χ4v) is 2.78. The molecule has 0 unspecified atom stereocenters. The number of nitrogens with zero attached hydrogens (tertiary/aromatic N) is 2. The number of para-hydroxylation sites is 2. The summed E-state index contributed by atoms with van der Waals surface area (Å²) in [6.45, 7) is 4.11. The number of ether oxygens (including phenoxy) is 1. The molecule has 0 radical (unpaired) electrons. The van der Waals surface area contributed by atoms with Crippen LogP contribution in [0.4, 0.5) is 11.4 Å². The molecule has 0 fully saturated rings. The fourth-order valence-electron chi connectivity index (χ4n) is 2.78. The minimum absolute atomic E-state index is 0.541. The van der Waals surface area contributed by atoms with Gasteiger partial charge in [0, 0.05) is 5.56 Å². The standard InChI is InChI=1S/C22H18N2O/c1-15-12-13-16(2)19(14-15)24-22-21(23-17-8-4-3-5-9-17)18-10-6-7-11-20(18)25-22/h3-14H,1-2H3. The molecule has 1 aliphatic rings. The second-order valence-corrected chi connectivity index (χ2v) is 6.10. The Labute approximate surface area is 147 Å². The van der Waals surface area contributed by atoms with Gasteiger partial charge in [-0.05, 0) is 55.3 Å². The van der Waals surface area contributed by atoms with Crippen molar-refractivity contribution in [3.05, 3.63) is 89.5 Å². The van der Waals surface area contributed by atoms with Crippen LogP contribution in [0.15, 0.2) is 82.8 Å². The van der Waals surface area contributed by atoms with Crippen molar-refractivity contribution in [2.75, 3.05) is 0 Å². The van der Waals surface area contributed by atoms with Gasteiger partial charge in [-0.2, -0.15) is 0 Å². The first-order chi connectivity index (χ1) is 12.2. The summed E-state index contributed by atoms with van der Waals surface area (Å²) in [5.74, 6) is 1.33. The Morgan fingerprint density at radius 3 is 2.36 bits per heavy atom. The second kappa shape index (κ2) is 6.36. The first-order valence-corrected chi connectivity index (χ1v) is 8.28. The molecule has 1 aliphatic heterocycles. The Hall–Kier alpha value is -3.20. The van der Waals surface area contributed by atoms with Crippen LogP contribution in [0, 0.1) is 13.8 Å². The van der Waals surface area contributed by atoms with Crippen LogP contribution < -0.4 is 4.74 Å². The summed E-state index contributed by atoms with van der Waals surface area (Å²) in [5, 5.41) is 0. The maximum absolute atomic E-state index is 6.01. The van der Waals surface area contributed by atoms with Gasteiger partial charge in [-0.1, -0.05) is 42.5 Å². The quantitative estimate of drug-likeness (QED) is 0.608. The van der Waals surface area contributed by atoms with Gasteiger partial charge in [0.2, 0.25) is 5.90 Å². The molecule has 0 N–H and O–H groups in total. The van der Waals surface area contributed by atoms with Crippen LogP contribution in [0.3, 0.4) is 0 Å². The molecule has 0 amide bonds. The summed E-state index contributed by atoms with van der Waals surface area (Å²) >= 11 is 0. The van der Waals surface area contributed by atoms with Gasteiger partial charge in [-0.25, -0.2) is 9.98 Å². The predicted octanol–water partition coefficient (Wildman–Crippen LogP) is 5.55. The maximum Gasteiger partial charge on any atom is 0.246 e. The number of hydrogen-bond acceptors (Lipinski definition) is 3. The monoisotopic (exact) mass is 326 g/mol. The van der Waals surface area contributed by atoms with E-state index in [-0.39, 0.29) is 0 Å². The number of aliphatic imine (C=N–C) groups is 2. The molecule has 0 saturated heterocycles. The Kier molecular flexibility index (Phi) is 3.90. The van der Waals surface area contributed by atoms with E-state index in [1.54, 1.807) is 0 Å². The summed E-state index contributed by atoms with van der Waals surface area (Å²) in [5.41, 5.74) is 5.80. The molecule has 0 saturated carbocycles. The summed E-state index contributed by atoms with van der Waals surface area (Å²) in [6.07, 6.45) is 0. The summed E-state index contributed by atoms with van der Waals surface area (Å²) in [7, 11) is 0. The highest BCUT2D eigenvalue weighted by Crippen LogP contribution is 2.30. The van der Waals surface area contributed by atoms with E-state index in [0.29, 0.717) is 5.90 Å². The molecule has 0 aliphatic carbocycles. The minimum atomic E-state index is 0.541. The highest BCUT2D eigenvalue weighted by molar-refractivity contribution is 6.49. The molecule has 4 rings (SSSR count).